The molecule has 2 N–H and O–H groups in total. The van der Waals surface area contributed by atoms with Gasteiger partial charge in [0.2, 0.25) is 10.0 Å². The first kappa shape index (κ1) is 14.2. The van der Waals surface area contributed by atoms with E-state index in [1.165, 1.54) is 0 Å². The van der Waals surface area contributed by atoms with Crippen LogP contribution >= 0.6 is 0 Å². The van der Waals surface area contributed by atoms with E-state index in [1.807, 2.05) is 37.3 Å². The molecule has 1 aromatic carbocycles. The third kappa shape index (κ3) is 4.85. The molecule has 5 heteroatoms. The second kappa shape index (κ2) is 6.14. The Bertz CT molecular complexity index is 430. The molecule has 2 atom stereocenters. The van der Waals surface area contributed by atoms with Gasteiger partial charge in [-0.25, -0.2) is 13.1 Å². The van der Waals surface area contributed by atoms with E-state index in [-0.39, 0.29) is 18.3 Å². The van der Waals surface area contributed by atoms with Crippen LogP contribution in [0.4, 0.5) is 0 Å². The number of nitrogens with one attached hydrogen (secondary N) is 1. The van der Waals surface area contributed by atoms with Crippen LogP contribution in [-0.2, 0) is 10.0 Å². The zero-order chi connectivity index (χ0) is 12.9. The average Bonchev–Trinajstić information content (AvgIpc) is 2.28. The molecule has 0 heterocycles. The predicted octanol–water partition coefficient (Wildman–Crippen LogP) is 1.09. The number of hydrogen-bond acceptors (Lipinski definition) is 3. The molecule has 1 rings (SSSR count). The molecule has 0 radical (unpaired) electrons. The molecule has 0 aliphatic rings. The molecule has 0 saturated carbocycles. The van der Waals surface area contributed by atoms with Crippen LogP contribution in [-0.4, -0.2) is 31.9 Å². The Morgan fingerprint density at radius 2 is 1.82 bits per heavy atom. The molecular weight excluding hydrogens is 238 g/mol. The summed E-state index contributed by atoms with van der Waals surface area (Å²) in [6, 6.07) is 9.06. The lowest BCUT2D eigenvalue weighted by atomic mass is 10.0. The zero-order valence-electron chi connectivity index (χ0n) is 10.1. The Morgan fingerprint density at radius 3 is 2.35 bits per heavy atom. The highest BCUT2D eigenvalue weighted by atomic mass is 32.2. The molecule has 4 nitrogen and oxygen atoms in total. The fraction of sp³-hybridized carbons (Fsp3) is 0.500. The van der Waals surface area contributed by atoms with Crippen molar-refractivity contribution < 1.29 is 13.5 Å². The summed E-state index contributed by atoms with van der Waals surface area (Å²) in [6.07, 6.45) is 0. The summed E-state index contributed by atoms with van der Waals surface area (Å²) in [6.45, 7) is 3.31. The van der Waals surface area contributed by atoms with Crippen molar-refractivity contribution in [1.29, 1.82) is 0 Å². The van der Waals surface area contributed by atoms with E-state index >= 15 is 0 Å². The van der Waals surface area contributed by atoms with Crippen LogP contribution in [0.15, 0.2) is 30.3 Å². The number of rotatable bonds is 6. The first-order chi connectivity index (χ1) is 7.94. The van der Waals surface area contributed by atoms with E-state index in [0.717, 1.165) is 5.56 Å². The van der Waals surface area contributed by atoms with E-state index in [4.69, 9.17) is 5.11 Å². The standard InChI is InChI=1S/C12H19NO3S/c1-10(12-6-4-3-5-7-12)9-17(15,16)13-11(2)8-14/h3-7,10-11,13-14H,8-9H2,1-2H3/t10?,11-/m0/s1. The van der Waals surface area contributed by atoms with Gasteiger partial charge in [0.15, 0.2) is 0 Å². The summed E-state index contributed by atoms with van der Waals surface area (Å²) in [5, 5.41) is 8.82. The second-order valence-electron chi connectivity index (χ2n) is 4.29. The number of aliphatic hydroxyl groups excluding tert-OH is 1. The first-order valence-electron chi connectivity index (χ1n) is 5.60. The number of benzene rings is 1. The van der Waals surface area contributed by atoms with E-state index < -0.39 is 16.1 Å². The van der Waals surface area contributed by atoms with Gasteiger partial charge in [-0.1, -0.05) is 37.3 Å². The zero-order valence-corrected chi connectivity index (χ0v) is 10.9. The Labute approximate surface area is 103 Å². The fourth-order valence-corrected chi connectivity index (χ4v) is 3.23. The maximum absolute atomic E-state index is 11.8. The fourth-order valence-electron chi connectivity index (χ4n) is 1.60. The van der Waals surface area contributed by atoms with Gasteiger partial charge in [0, 0.05) is 6.04 Å². The Morgan fingerprint density at radius 1 is 1.24 bits per heavy atom. The molecule has 0 saturated heterocycles. The van der Waals surface area contributed by atoms with E-state index in [0.29, 0.717) is 0 Å². The maximum atomic E-state index is 11.8. The predicted molar refractivity (Wildman–Crippen MR) is 68.3 cm³/mol. The van der Waals surface area contributed by atoms with Gasteiger partial charge >= 0.3 is 0 Å². The van der Waals surface area contributed by atoms with E-state index in [9.17, 15) is 8.42 Å². The lowest BCUT2D eigenvalue weighted by molar-refractivity contribution is 0.265. The molecule has 0 bridgehead atoms. The monoisotopic (exact) mass is 257 g/mol. The molecule has 1 aromatic rings. The summed E-state index contributed by atoms with van der Waals surface area (Å²) < 4.78 is 26.0. The summed E-state index contributed by atoms with van der Waals surface area (Å²) in [4.78, 5) is 0. The molecule has 0 spiro atoms. The van der Waals surface area contributed by atoms with Crippen molar-refractivity contribution in [3.63, 3.8) is 0 Å². The highest BCUT2D eigenvalue weighted by molar-refractivity contribution is 7.89. The van der Waals surface area contributed by atoms with Gasteiger partial charge in [0.1, 0.15) is 0 Å². The SMILES string of the molecule is CC(CS(=O)(=O)N[C@@H](C)CO)c1ccccc1. The lowest BCUT2D eigenvalue weighted by Crippen LogP contribution is -2.37. The van der Waals surface area contributed by atoms with Gasteiger partial charge in [0.05, 0.1) is 12.4 Å². The Balaban J connectivity index is 2.65. The molecule has 1 unspecified atom stereocenters. The van der Waals surface area contributed by atoms with Crippen molar-refractivity contribution >= 4 is 10.0 Å². The molecule has 0 aliphatic heterocycles. The van der Waals surface area contributed by atoms with Gasteiger partial charge < -0.3 is 5.11 Å². The van der Waals surface area contributed by atoms with Gasteiger partial charge in [-0.05, 0) is 18.4 Å². The van der Waals surface area contributed by atoms with Gasteiger partial charge in [-0.15, -0.1) is 0 Å². The summed E-state index contributed by atoms with van der Waals surface area (Å²) in [5.74, 6) is -0.0407. The summed E-state index contributed by atoms with van der Waals surface area (Å²) in [5.41, 5.74) is 0.995. The molecule has 0 aliphatic carbocycles. The van der Waals surface area contributed by atoms with Crippen molar-refractivity contribution in [1.82, 2.24) is 4.72 Å². The van der Waals surface area contributed by atoms with Crippen LogP contribution in [0.25, 0.3) is 0 Å². The van der Waals surface area contributed by atoms with Crippen LogP contribution in [0, 0.1) is 0 Å². The Kier molecular flexibility index (Phi) is 5.11. The number of hydrogen-bond donors (Lipinski definition) is 2. The van der Waals surface area contributed by atoms with Crippen LogP contribution in [0.1, 0.15) is 25.3 Å². The van der Waals surface area contributed by atoms with E-state index in [1.54, 1.807) is 6.92 Å². The minimum atomic E-state index is -3.35. The van der Waals surface area contributed by atoms with Gasteiger partial charge in [0.25, 0.3) is 0 Å². The van der Waals surface area contributed by atoms with Crippen LogP contribution < -0.4 is 4.72 Å². The largest absolute Gasteiger partial charge is 0.395 e. The first-order valence-corrected chi connectivity index (χ1v) is 7.25. The lowest BCUT2D eigenvalue weighted by Gasteiger charge is -2.15. The number of aliphatic hydroxyl groups is 1. The van der Waals surface area contributed by atoms with Crippen molar-refractivity contribution in [3.8, 4) is 0 Å². The second-order valence-corrected chi connectivity index (χ2v) is 6.09. The minimum Gasteiger partial charge on any atom is -0.395 e. The van der Waals surface area contributed by atoms with Crippen molar-refractivity contribution in [2.24, 2.45) is 0 Å². The summed E-state index contributed by atoms with van der Waals surface area (Å²) in [7, 11) is -3.35. The van der Waals surface area contributed by atoms with Gasteiger partial charge in [-0.3, -0.25) is 0 Å². The topological polar surface area (TPSA) is 66.4 Å². The van der Waals surface area contributed by atoms with Crippen molar-refractivity contribution in [2.45, 2.75) is 25.8 Å². The highest BCUT2D eigenvalue weighted by Gasteiger charge is 2.18. The molecule has 17 heavy (non-hydrogen) atoms. The summed E-state index contributed by atoms with van der Waals surface area (Å²) >= 11 is 0. The third-order valence-electron chi connectivity index (χ3n) is 2.49. The normalized spacial score (nSPS) is 15.5. The number of sulfonamides is 1. The smallest absolute Gasteiger partial charge is 0.212 e. The van der Waals surface area contributed by atoms with E-state index in [2.05, 4.69) is 4.72 Å². The van der Waals surface area contributed by atoms with Crippen LogP contribution in [0.2, 0.25) is 0 Å². The average molecular weight is 257 g/mol. The highest BCUT2D eigenvalue weighted by Crippen LogP contribution is 2.16. The Hall–Kier alpha value is -0.910. The van der Waals surface area contributed by atoms with Crippen molar-refractivity contribution in [3.05, 3.63) is 35.9 Å². The van der Waals surface area contributed by atoms with Crippen molar-refractivity contribution in [2.75, 3.05) is 12.4 Å². The third-order valence-corrected chi connectivity index (χ3v) is 4.19. The molecule has 0 amide bonds. The van der Waals surface area contributed by atoms with Crippen LogP contribution in [0.5, 0.6) is 0 Å². The van der Waals surface area contributed by atoms with Gasteiger partial charge in [-0.2, -0.15) is 0 Å². The minimum absolute atomic E-state index is 0.0291. The molecule has 0 fully saturated rings. The molecule has 0 aromatic heterocycles. The maximum Gasteiger partial charge on any atom is 0.212 e. The quantitative estimate of drug-likeness (QED) is 0.801. The van der Waals surface area contributed by atoms with Crippen LogP contribution in [0.3, 0.4) is 0 Å². The molecule has 96 valence electrons. The molecular formula is C12H19NO3S.